The van der Waals surface area contributed by atoms with Gasteiger partial charge in [0.15, 0.2) is 0 Å². The summed E-state index contributed by atoms with van der Waals surface area (Å²) in [6.07, 6.45) is 2.15. The Morgan fingerprint density at radius 1 is 1.05 bits per heavy atom. The van der Waals surface area contributed by atoms with E-state index in [1.807, 2.05) is 6.07 Å². The number of aliphatic hydroxyl groups excluding tert-OH is 1. The van der Waals surface area contributed by atoms with Crippen molar-refractivity contribution in [2.24, 2.45) is 0 Å². The summed E-state index contributed by atoms with van der Waals surface area (Å²) >= 11 is 0. The lowest BCUT2D eigenvalue weighted by molar-refractivity contribution is 0.0418. The summed E-state index contributed by atoms with van der Waals surface area (Å²) in [5.41, 5.74) is 2.32. The van der Waals surface area contributed by atoms with Crippen LogP contribution in [-0.4, -0.2) is 30.2 Å². The summed E-state index contributed by atoms with van der Waals surface area (Å²) in [6, 6.07) is 21.3. The van der Waals surface area contributed by atoms with Crippen LogP contribution >= 0.6 is 0 Å². The highest BCUT2D eigenvalue weighted by atomic mass is 16.3. The standard InChI is InChI=1S/C19H23NO/c1-20-14-8-13-19(15-21,17-11-6-3-7-12-17)18(20)16-9-4-2-5-10-16/h2-7,9-12,18,21H,8,13-15H2,1H3. The van der Waals surface area contributed by atoms with Gasteiger partial charge < -0.3 is 5.11 Å². The van der Waals surface area contributed by atoms with Crippen molar-refractivity contribution in [2.75, 3.05) is 20.2 Å². The normalized spacial score (nSPS) is 26.7. The van der Waals surface area contributed by atoms with Crippen LogP contribution in [0.5, 0.6) is 0 Å². The van der Waals surface area contributed by atoms with Crippen molar-refractivity contribution < 1.29 is 5.11 Å². The van der Waals surface area contributed by atoms with Crippen LogP contribution in [0.4, 0.5) is 0 Å². The third-order valence-corrected chi connectivity index (χ3v) is 4.84. The van der Waals surface area contributed by atoms with Gasteiger partial charge in [0.2, 0.25) is 0 Å². The van der Waals surface area contributed by atoms with Crippen molar-refractivity contribution in [3.8, 4) is 0 Å². The van der Waals surface area contributed by atoms with E-state index < -0.39 is 0 Å². The van der Waals surface area contributed by atoms with E-state index in [9.17, 15) is 5.11 Å². The van der Waals surface area contributed by atoms with Crippen molar-refractivity contribution in [1.29, 1.82) is 0 Å². The average molecular weight is 281 g/mol. The summed E-state index contributed by atoms with van der Waals surface area (Å²) in [5.74, 6) is 0. The first-order valence-electron chi connectivity index (χ1n) is 7.69. The van der Waals surface area contributed by atoms with Crippen LogP contribution < -0.4 is 0 Å². The molecular formula is C19H23NO. The molecule has 0 spiro atoms. The van der Waals surface area contributed by atoms with Gasteiger partial charge >= 0.3 is 0 Å². The van der Waals surface area contributed by atoms with Crippen LogP contribution in [0.2, 0.25) is 0 Å². The minimum Gasteiger partial charge on any atom is -0.395 e. The lowest BCUT2D eigenvalue weighted by Crippen LogP contribution is -2.49. The summed E-state index contributed by atoms with van der Waals surface area (Å²) < 4.78 is 0. The molecule has 0 aromatic heterocycles. The number of hydrogen-bond acceptors (Lipinski definition) is 2. The molecule has 1 fully saturated rings. The van der Waals surface area contributed by atoms with E-state index in [4.69, 9.17) is 0 Å². The monoisotopic (exact) mass is 281 g/mol. The van der Waals surface area contributed by atoms with Gasteiger partial charge in [-0.25, -0.2) is 0 Å². The van der Waals surface area contributed by atoms with Crippen molar-refractivity contribution in [3.63, 3.8) is 0 Å². The molecule has 2 aromatic rings. The van der Waals surface area contributed by atoms with E-state index in [2.05, 4.69) is 66.5 Å². The molecule has 2 aromatic carbocycles. The molecule has 0 amide bonds. The van der Waals surface area contributed by atoms with Crippen molar-refractivity contribution in [3.05, 3.63) is 71.8 Å². The fourth-order valence-electron chi connectivity index (χ4n) is 3.87. The molecule has 0 aliphatic carbocycles. The number of hydrogen-bond donors (Lipinski definition) is 1. The molecule has 21 heavy (non-hydrogen) atoms. The van der Waals surface area contributed by atoms with Gasteiger partial charge in [0.25, 0.3) is 0 Å². The van der Waals surface area contributed by atoms with Crippen molar-refractivity contribution in [1.82, 2.24) is 4.90 Å². The Morgan fingerprint density at radius 2 is 1.67 bits per heavy atom. The minimum atomic E-state index is -0.213. The smallest absolute Gasteiger partial charge is 0.0546 e. The molecule has 2 unspecified atom stereocenters. The molecule has 110 valence electrons. The van der Waals surface area contributed by atoms with Gasteiger partial charge in [-0.15, -0.1) is 0 Å². The summed E-state index contributed by atoms with van der Waals surface area (Å²) in [6.45, 7) is 1.26. The Morgan fingerprint density at radius 3 is 2.29 bits per heavy atom. The summed E-state index contributed by atoms with van der Waals surface area (Å²) in [4.78, 5) is 2.39. The van der Waals surface area contributed by atoms with Crippen molar-refractivity contribution in [2.45, 2.75) is 24.3 Å². The number of nitrogens with zero attached hydrogens (tertiary/aromatic N) is 1. The maximum Gasteiger partial charge on any atom is 0.0546 e. The van der Waals surface area contributed by atoms with Gasteiger partial charge in [0.1, 0.15) is 0 Å². The third kappa shape index (κ3) is 2.50. The van der Waals surface area contributed by atoms with Crippen LogP contribution in [-0.2, 0) is 5.41 Å². The molecule has 1 N–H and O–H groups in total. The molecule has 3 rings (SSSR count). The second-order valence-electron chi connectivity index (χ2n) is 6.08. The molecule has 2 nitrogen and oxygen atoms in total. The summed E-state index contributed by atoms with van der Waals surface area (Å²) in [7, 11) is 2.17. The van der Waals surface area contributed by atoms with Crippen LogP contribution in [0, 0.1) is 0 Å². The van der Waals surface area contributed by atoms with Crippen molar-refractivity contribution >= 4 is 0 Å². The zero-order chi connectivity index (χ0) is 14.7. The molecular weight excluding hydrogens is 258 g/mol. The van der Waals surface area contributed by atoms with E-state index in [-0.39, 0.29) is 18.1 Å². The van der Waals surface area contributed by atoms with Gasteiger partial charge in [-0.2, -0.15) is 0 Å². The van der Waals surface area contributed by atoms with Gasteiger partial charge in [0, 0.05) is 11.5 Å². The lowest BCUT2D eigenvalue weighted by atomic mass is 9.67. The second kappa shape index (κ2) is 6.00. The van der Waals surface area contributed by atoms with E-state index >= 15 is 0 Å². The summed E-state index contributed by atoms with van der Waals surface area (Å²) in [5, 5.41) is 10.3. The van der Waals surface area contributed by atoms with Crippen LogP contribution in [0.1, 0.15) is 30.0 Å². The number of rotatable bonds is 3. The minimum absolute atomic E-state index is 0.181. The van der Waals surface area contributed by atoms with Gasteiger partial charge in [-0.1, -0.05) is 60.7 Å². The molecule has 2 atom stereocenters. The van der Waals surface area contributed by atoms with Gasteiger partial charge in [0.05, 0.1) is 6.61 Å². The fraction of sp³-hybridized carbons (Fsp3) is 0.368. The topological polar surface area (TPSA) is 23.5 Å². The number of aliphatic hydroxyl groups is 1. The van der Waals surface area contributed by atoms with E-state index in [0.717, 1.165) is 19.4 Å². The average Bonchev–Trinajstić information content (AvgIpc) is 2.56. The Balaban J connectivity index is 2.11. The fourth-order valence-corrected chi connectivity index (χ4v) is 3.87. The second-order valence-corrected chi connectivity index (χ2v) is 6.08. The zero-order valence-corrected chi connectivity index (χ0v) is 12.6. The Bertz CT molecular complexity index is 569. The van der Waals surface area contributed by atoms with Crippen LogP contribution in [0.25, 0.3) is 0 Å². The number of benzene rings is 2. The predicted octanol–water partition coefficient (Wildman–Crippen LogP) is 3.38. The highest BCUT2D eigenvalue weighted by Gasteiger charge is 2.45. The number of likely N-dealkylation sites (N-methyl/N-ethyl adjacent to an activating group) is 1. The maximum atomic E-state index is 10.3. The Kier molecular flexibility index (Phi) is 4.09. The first-order chi connectivity index (χ1) is 10.3. The van der Waals surface area contributed by atoms with Gasteiger partial charge in [-0.3, -0.25) is 4.90 Å². The SMILES string of the molecule is CN1CCCC(CO)(c2ccccc2)C1c1ccccc1. The Labute approximate surface area is 127 Å². The van der Waals surface area contributed by atoms with Gasteiger partial charge in [-0.05, 0) is 37.6 Å². The molecule has 1 aliphatic heterocycles. The highest BCUT2D eigenvalue weighted by Crippen LogP contribution is 2.46. The lowest BCUT2D eigenvalue weighted by Gasteiger charge is -2.48. The maximum absolute atomic E-state index is 10.3. The number of likely N-dealkylation sites (tertiary alicyclic amines) is 1. The molecule has 0 saturated carbocycles. The number of piperidine rings is 1. The van der Waals surface area contributed by atoms with E-state index in [1.54, 1.807) is 0 Å². The third-order valence-electron chi connectivity index (χ3n) is 4.84. The largest absolute Gasteiger partial charge is 0.395 e. The first kappa shape index (κ1) is 14.3. The van der Waals surface area contributed by atoms with Crippen LogP contribution in [0.3, 0.4) is 0 Å². The zero-order valence-electron chi connectivity index (χ0n) is 12.6. The van der Waals surface area contributed by atoms with Crippen LogP contribution in [0.15, 0.2) is 60.7 Å². The first-order valence-corrected chi connectivity index (χ1v) is 7.69. The molecule has 0 bridgehead atoms. The predicted molar refractivity (Wildman–Crippen MR) is 86.3 cm³/mol. The molecule has 1 saturated heterocycles. The Hall–Kier alpha value is -1.64. The molecule has 1 aliphatic rings. The molecule has 1 heterocycles. The molecule has 2 heteroatoms. The highest BCUT2D eigenvalue weighted by molar-refractivity contribution is 5.34. The van der Waals surface area contributed by atoms with E-state index in [1.165, 1.54) is 11.1 Å². The quantitative estimate of drug-likeness (QED) is 0.932. The molecule has 0 radical (unpaired) electrons. The van der Waals surface area contributed by atoms with E-state index in [0.29, 0.717) is 0 Å².